The monoisotopic (exact) mass is 331 g/mol. The summed E-state index contributed by atoms with van der Waals surface area (Å²) < 4.78 is 0. The summed E-state index contributed by atoms with van der Waals surface area (Å²) in [5.74, 6) is -3.31. The molecule has 2 aromatic carbocycles. The van der Waals surface area contributed by atoms with Crippen molar-refractivity contribution in [3.8, 4) is 5.75 Å². The molecule has 3 N–H and O–H groups in total. The highest BCUT2D eigenvalue weighted by Gasteiger charge is 2.04. The van der Waals surface area contributed by atoms with Crippen LogP contribution in [0.3, 0.4) is 0 Å². The molecule has 0 aromatic heterocycles. The number of rotatable bonds is 5. The molecule has 6 nitrogen and oxygen atoms in total. The van der Waals surface area contributed by atoms with E-state index in [0.717, 1.165) is 25.1 Å². The van der Waals surface area contributed by atoms with Gasteiger partial charge in [0.05, 0.1) is 0 Å². The summed E-state index contributed by atoms with van der Waals surface area (Å²) in [5, 5.41) is 24.2. The molecular weight excluding hydrogens is 310 g/mol. The third kappa shape index (κ3) is 7.95. The van der Waals surface area contributed by atoms with Gasteiger partial charge in [-0.2, -0.15) is 0 Å². The van der Waals surface area contributed by atoms with E-state index in [4.69, 9.17) is 19.8 Å². The minimum absolute atomic E-state index is 0.337. The van der Waals surface area contributed by atoms with Crippen molar-refractivity contribution in [2.45, 2.75) is 13.0 Å². The Hall–Kier alpha value is -2.86. The number of benzene rings is 2. The van der Waals surface area contributed by atoms with E-state index in [0.29, 0.717) is 5.75 Å². The molecule has 2 rings (SSSR count). The summed E-state index contributed by atoms with van der Waals surface area (Å²) in [5.41, 5.74) is 2.51. The maximum absolute atomic E-state index is 9.42. The van der Waals surface area contributed by atoms with Crippen molar-refractivity contribution >= 4 is 11.9 Å². The molecule has 0 saturated carbocycles. The number of aliphatic carboxylic acids is 2. The van der Waals surface area contributed by atoms with Crippen LogP contribution in [0.1, 0.15) is 11.1 Å². The van der Waals surface area contributed by atoms with Gasteiger partial charge in [-0.15, -0.1) is 0 Å². The first-order chi connectivity index (χ1) is 11.4. The normalized spacial score (nSPS) is 9.92. The van der Waals surface area contributed by atoms with Crippen molar-refractivity contribution in [1.82, 2.24) is 4.90 Å². The molecule has 0 aliphatic carbocycles. The molecule has 6 heteroatoms. The van der Waals surface area contributed by atoms with Gasteiger partial charge in [-0.05, 0) is 36.7 Å². The molecule has 0 fully saturated rings. The van der Waals surface area contributed by atoms with Crippen LogP contribution in [0, 0.1) is 0 Å². The Morgan fingerprint density at radius 1 is 0.917 bits per heavy atom. The highest BCUT2D eigenvalue weighted by Crippen LogP contribution is 2.12. The van der Waals surface area contributed by atoms with Crippen LogP contribution in [0.4, 0.5) is 0 Å². The lowest BCUT2D eigenvalue weighted by Crippen LogP contribution is -2.20. The van der Waals surface area contributed by atoms with Gasteiger partial charge in [0, 0.05) is 13.1 Å². The maximum Gasteiger partial charge on any atom is 0.414 e. The van der Waals surface area contributed by atoms with E-state index in [1.807, 2.05) is 24.3 Å². The number of phenolic OH excluding ortho intramolecular Hbond substituents is 1. The van der Waals surface area contributed by atoms with Crippen LogP contribution in [0.25, 0.3) is 0 Å². The van der Waals surface area contributed by atoms with Gasteiger partial charge >= 0.3 is 11.9 Å². The van der Waals surface area contributed by atoms with E-state index in [1.165, 1.54) is 5.56 Å². The largest absolute Gasteiger partial charge is 0.508 e. The number of carboxylic acids is 2. The minimum atomic E-state index is -1.82. The Kier molecular flexibility index (Phi) is 8.01. The molecular formula is C18H21NO5. The number of nitrogens with zero attached hydrogens (tertiary/aromatic N) is 1. The third-order valence-electron chi connectivity index (χ3n) is 3.17. The van der Waals surface area contributed by atoms with Gasteiger partial charge in [0.2, 0.25) is 0 Å². The lowest BCUT2D eigenvalue weighted by atomic mass is 10.1. The summed E-state index contributed by atoms with van der Waals surface area (Å²) >= 11 is 0. The SMILES string of the molecule is CN(CCc1ccccc1)Cc1cccc(O)c1.O=C(O)C(=O)O. The second-order valence-corrected chi connectivity index (χ2v) is 5.25. The fourth-order valence-corrected chi connectivity index (χ4v) is 2.01. The average Bonchev–Trinajstić information content (AvgIpc) is 2.54. The van der Waals surface area contributed by atoms with Gasteiger partial charge in [-0.25, -0.2) is 9.59 Å². The first kappa shape index (κ1) is 19.2. The lowest BCUT2D eigenvalue weighted by molar-refractivity contribution is -0.159. The lowest BCUT2D eigenvalue weighted by Gasteiger charge is -2.16. The third-order valence-corrected chi connectivity index (χ3v) is 3.17. The fraction of sp³-hybridized carbons (Fsp3) is 0.222. The number of hydrogen-bond acceptors (Lipinski definition) is 4. The molecule has 0 atom stereocenters. The second kappa shape index (κ2) is 10.0. The number of phenols is 1. The van der Waals surface area contributed by atoms with Crippen molar-refractivity contribution in [3.05, 3.63) is 65.7 Å². The van der Waals surface area contributed by atoms with E-state index < -0.39 is 11.9 Å². The van der Waals surface area contributed by atoms with Gasteiger partial charge in [-0.3, -0.25) is 0 Å². The van der Waals surface area contributed by atoms with Gasteiger partial charge < -0.3 is 20.2 Å². The van der Waals surface area contributed by atoms with E-state index in [9.17, 15) is 5.11 Å². The molecule has 0 amide bonds. The van der Waals surface area contributed by atoms with Crippen LogP contribution >= 0.6 is 0 Å². The first-order valence-electron chi connectivity index (χ1n) is 7.35. The zero-order chi connectivity index (χ0) is 17.9. The van der Waals surface area contributed by atoms with Crippen LogP contribution in [0.15, 0.2) is 54.6 Å². The number of aromatic hydroxyl groups is 1. The molecule has 0 spiro atoms. The van der Waals surface area contributed by atoms with Gasteiger partial charge in [0.1, 0.15) is 5.75 Å². The van der Waals surface area contributed by atoms with Crippen molar-refractivity contribution in [2.75, 3.05) is 13.6 Å². The van der Waals surface area contributed by atoms with Crippen molar-refractivity contribution in [3.63, 3.8) is 0 Å². The van der Waals surface area contributed by atoms with Crippen LogP contribution in [-0.4, -0.2) is 45.8 Å². The highest BCUT2D eigenvalue weighted by molar-refractivity contribution is 6.27. The Morgan fingerprint density at radius 3 is 2.04 bits per heavy atom. The zero-order valence-corrected chi connectivity index (χ0v) is 13.4. The average molecular weight is 331 g/mol. The van der Waals surface area contributed by atoms with E-state index in [2.05, 4.69) is 36.2 Å². The topological polar surface area (TPSA) is 98.1 Å². The quantitative estimate of drug-likeness (QED) is 0.727. The molecule has 0 saturated heterocycles. The summed E-state index contributed by atoms with van der Waals surface area (Å²) in [7, 11) is 2.10. The van der Waals surface area contributed by atoms with Crippen LogP contribution < -0.4 is 0 Å². The molecule has 2 aromatic rings. The molecule has 0 aliphatic rings. The van der Waals surface area contributed by atoms with E-state index in [1.54, 1.807) is 6.07 Å². The van der Waals surface area contributed by atoms with E-state index >= 15 is 0 Å². The minimum Gasteiger partial charge on any atom is -0.508 e. The van der Waals surface area contributed by atoms with Crippen LogP contribution in [-0.2, 0) is 22.6 Å². The van der Waals surface area contributed by atoms with Crippen LogP contribution in [0.5, 0.6) is 5.75 Å². The molecule has 24 heavy (non-hydrogen) atoms. The van der Waals surface area contributed by atoms with Gasteiger partial charge in [0.25, 0.3) is 0 Å². The molecule has 128 valence electrons. The van der Waals surface area contributed by atoms with Gasteiger partial charge in [0.15, 0.2) is 0 Å². The Bertz CT molecular complexity index is 645. The van der Waals surface area contributed by atoms with Crippen molar-refractivity contribution in [1.29, 1.82) is 0 Å². The Balaban J connectivity index is 0.000000413. The maximum atomic E-state index is 9.42. The van der Waals surface area contributed by atoms with Crippen molar-refractivity contribution in [2.24, 2.45) is 0 Å². The highest BCUT2D eigenvalue weighted by atomic mass is 16.4. The number of hydrogen-bond donors (Lipinski definition) is 3. The Morgan fingerprint density at radius 2 is 1.50 bits per heavy atom. The predicted molar refractivity (Wildman–Crippen MR) is 89.9 cm³/mol. The summed E-state index contributed by atoms with van der Waals surface area (Å²) in [6.45, 7) is 1.88. The molecule has 0 heterocycles. The predicted octanol–water partition coefficient (Wildman–Crippen LogP) is 2.22. The first-order valence-corrected chi connectivity index (χ1v) is 7.35. The molecule has 0 unspecified atom stereocenters. The summed E-state index contributed by atoms with van der Waals surface area (Å²) in [6, 6.07) is 17.9. The number of likely N-dealkylation sites (N-methyl/N-ethyl adjacent to an activating group) is 1. The van der Waals surface area contributed by atoms with Crippen LogP contribution in [0.2, 0.25) is 0 Å². The molecule has 0 radical (unpaired) electrons. The fourth-order valence-electron chi connectivity index (χ4n) is 2.01. The second-order valence-electron chi connectivity index (χ2n) is 5.25. The number of carbonyl (C=O) groups is 2. The molecule has 0 aliphatic heterocycles. The van der Waals surface area contributed by atoms with Crippen molar-refractivity contribution < 1.29 is 24.9 Å². The smallest absolute Gasteiger partial charge is 0.414 e. The zero-order valence-electron chi connectivity index (χ0n) is 13.4. The standard InChI is InChI=1S/C16H19NO.C2H2O4/c1-17(11-10-14-6-3-2-4-7-14)13-15-8-5-9-16(18)12-15;3-1(4)2(5)6/h2-9,12,18H,10-11,13H2,1H3;(H,3,4)(H,5,6). The summed E-state index contributed by atoms with van der Waals surface area (Å²) in [4.78, 5) is 20.5. The Labute approximate surface area is 140 Å². The molecule has 0 bridgehead atoms. The summed E-state index contributed by atoms with van der Waals surface area (Å²) in [6.07, 6.45) is 1.05. The van der Waals surface area contributed by atoms with E-state index in [-0.39, 0.29) is 0 Å². The van der Waals surface area contributed by atoms with Gasteiger partial charge in [-0.1, -0.05) is 42.5 Å². The number of carboxylic acid groups (broad SMARTS) is 2.